The van der Waals surface area contributed by atoms with Gasteiger partial charge >= 0.3 is 0 Å². The summed E-state index contributed by atoms with van der Waals surface area (Å²) in [4.78, 5) is 18.4. The molecule has 6 N–H and O–H groups in total. The molecule has 2 aliphatic heterocycles. The van der Waals surface area contributed by atoms with Crippen LogP contribution in [0.25, 0.3) is 90.9 Å². The number of fused-ring (bicyclic) bond motifs is 8. The van der Waals surface area contributed by atoms with Gasteiger partial charge in [-0.05, 0) is 145 Å². The van der Waals surface area contributed by atoms with Gasteiger partial charge < -0.3 is 9.97 Å². The summed E-state index contributed by atoms with van der Waals surface area (Å²) < 4.78 is 118. The summed E-state index contributed by atoms with van der Waals surface area (Å²) in [6.45, 7) is 9.19. The van der Waals surface area contributed by atoms with E-state index in [1.54, 1.807) is 97.1 Å². The first-order valence-corrected chi connectivity index (χ1v) is 33.0. The van der Waals surface area contributed by atoms with E-state index in [9.17, 15) is 33.7 Å². The maximum Gasteiger partial charge on any atom is 0.240 e. The van der Waals surface area contributed by atoms with Gasteiger partial charge in [0.1, 0.15) is 0 Å². The Labute approximate surface area is 469 Å². The van der Waals surface area contributed by atoms with E-state index in [1.807, 2.05) is 76.3 Å². The first kappa shape index (κ1) is 57.8. The van der Waals surface area contributed by atoms with Crippen LogP contribution >= 0.6 is 0 Å². The molecule has 418 valence electrons. The fourth-order valence-corrected chi connectivity index (χ4v) is 13.8. The number of sulfonamides is 4. The zero-order valence-electron chi connectivity index (χ0n) is 45.1. The van der Waals surface area contributed by atoms with E-state index in [4.69, 9.17) is 9.97 Å². The smallest absolute Gasteiger partial charge is 0.240 e. The third-order valence-corrected chi connectivity index (χ3v) is 19.8. The van der Waals surface area contributed by atoms with Crippen molar-refractivity contribution >= 4 is 86.5 Å². The number of aromatic amines is 2. The van der Waals surface area contributed by atoms with Crippen LogP contribution < -0.4 is 18.9 Å². The molecule has 4 aromatic carbocycles. The lowest BCUT2D eigenvalue weighted by molar-refractivity contribution is 0.576. The van der Waals surface area contributed by atoms with Crippen LogP contribution in [0.3, 0.4) is 0 Å². The van der Waals surface area contributed by atoms with Crippen LogP contribution in [-0.2, 0) is 40.1 Å². The summed E-state index contributed by atoms with van der Waals surface area (Å²) in [5.74, 6) is 0. The first-order valence-electron chi connectivity index (χ1n) is 27.0. The zero-order chi connectivity index (χ0) is 56.7. The van der Waals surface area contributed by atoms with Gasteiger partial charge in [-0.15, -0.1) is 0 Å². The van der Waals surface area contributed by atoms with Crippen molar-refractivity contribution in [3.63, 3.8) is 0 Å². The number of nitrogens with zero attached hydrogens (tertiary/aromatic N) is 2. The molecule has 0 saturated carbocycles. The van der Waals surface area contributed by atoms with Crippen molar-refractivity contribution in [2.75, 3.05) is 26.2 Å². The number of hydrogen-bond donors (Lipinski definition) is 6. The Balaban J connectivity index is 1.33. The van der Waals surface area contributed by atoms with E-state index in [-0.39, 0.29) is 19.6 Å². The number of H-pyrrole nitrogens is 2. The van der Waals surface area contributed by atoms with Gasteiger partial charge in [0.15, 0.2) is 0 Å². The second-order valence-electron chi connectivity index (χ2n) is 19.6. The summed E-state index contributed by atoms with van der Waals surface area (Å²) in [7, 11) is -15.2. The lowest BCUT2D eigenvalue weighted by Gasteiger charge is -2.10. The fraction of sp³-hybridized carbons (Fsp3) is 0.267. The van der Waals surface area contributed by atoms with E-state index in [0.29, 0.717) is 141 Å². The fourth-order valence-electron chi connectivity index (χ4n) is 9.49. The number of nitrogens with one attached hydrogen (secondary N) is 6. The highest BCUT2D eigenvalue weighted by molar-refractivity contribution is 7.90. The summed E-state index contributed by atoms with van der Waals surface area (Å²) in [5, 5.41) is 0. The van der Waals surface area contributed by atoms with Crippen LogP contribution in [0, 0.1) is 0 Å². The van der Waals surface area contributed by atoms with E-state index < -0.39 is 40.1 Å². The largest absolute Gasteiger partial charge is 0.354 e. The van der Waals surface area contributed by atoms with Crippen molar-refractivity contribution < 1.29 is 33.7 Å². The van der Waals surface area contributed by atoms with Gasteiger partial charge in [-0.3, -0.25) is 0 Å². The maximum atomic E-state index is 13.4. The lowest BCUT2D eigenvalue weighted by Crippen LogP contribution is -2.24. The molecule has 0 unspecified atom stereocenters. The zero-order valence-corrected chi connectivity index (χ0v) is 48.4. The molecule has 8 bridgehead atoms. The van der Waals surface area contributed by atoms with Crippen LogP contribution in [-0.4, -0.2) is 79.8 Å². The highest BCUT2D eigenvalue weighted by atomic mass is 32.2. The molecule has 0 atom stereocenters. The number of hydrogen-bond acceptors (Lipinski definition) is 10. The second kappa shape index (κ2) is 24.9. The Bertz CT molecular complexity index is 3580. The quantitative estimate of drug-likeness (QED) is 0.0313. The molecule has 0 radical (unpaired) electrons. The standard InChI is InChI=1S/C60H66N8O8S4/c1-5-9-37-61-77(69,70)45-21-13-41(14-22-45)57-49-29-31-51(65-49)58(42-15-23-46(24-16-42)78(71,72)62-38-10-6-2)53-33-35-55(67-53)60(44-19-27-48(28-20-44)80(75,76)64-40-12-8-4)56-36-34-54(68-56)59(52-32-30-50(57)66-52)43-17-25-47(26-18-43)79(73,74)63-39-11-7-3/h13-36,61-65,68H,5-12,37-40H2,1-4H3. The Hall–Kier alpha value is -6.88. The first-order chi connectivity index (χ1) is 38.5. The molecule has 3 aromatic heterocycles. The van der Waals surface area contributed by atoms with Crippen molar-refractivity contribution in [1.29, 1.82) is 0 Å². The van der Waals surface area contributed by atoms with E-state index in [1.165, 1.54) is 0 Å². The van der Waals surface area contributed by atoms with Gasteiger partial charge in [0.05, 0.1) is 42.4 Å². The van der Waals surface area contributed by atoms with E-state index in [2.05, 4.69) is 28.9 Å². The summed E-state index contributed by atoms with van der Waals surface area (Å²) in [5.41, 5.74) is 9.80. The molecule has 0 spiro atoms. The highest BCUT2D eigenvalue weighted by Gasteiger charge is 2.23. The van der Waals surface area contributed by atoms with Gasteiger partial charge in [-0.25, -0.2) is 62.5 Å². The number of benzene rings is 4. The molecule has 2 aliphatic rings. The Morgan fingerprint density at radius 1 is 0.312 bits per heavy atom. The molecule has 80 heavy (non-hydrogen) atoms. The van der Waals surface area contributed by atoms with Crippen LogP contribution in [0.2, 0.25) is 0 Å². The van der Waals surface area contributed by atoms with Crippen molar-refractivity contribution in [1.82, 2.24) is 38.8 Å². The van der Waals surface area contributed by atoms with Gasteiger partial charge in [-0.1, -0.05) is 102 Å². The Morgan fingerprint density at radius 2 is 0.512 bits per heavy atom. The molecular weight excluding hydrogens is 1090 g/mol. The van der Waals surface area contributed by atoms with Crippen LogP contribution in [0.1, 0.15) is 102 Å². The van der Waals surface area contributed by atoms with Gasteiger partial charge in [0.2, 0.25) is 40.1 Å². The number of rotatable bonds is 24. The number of unbranched alkanes of at least 4 members (excludes halogenated alkanes) is 4. The van der Waals surface area contributed by atoms with Crippen LogP contribution in [0.4, 0.5) is 0 Å². The third kappa shape index (κ3) is 12.8. The van der Waals surface area contributed by atoms with Crippen LogP contribution in [0.15, 0.2) is 141 Å². The summed E-state index contributed by atoms with van der Waals surface area (Å²) in [6.07, 6.45) is 13.6. The Morgan fingerprint density at radius 3 is 0.700 bits per heavy atom. The molecule has 16 nitrogen and oxygen atoms in total. The van der Waals surface area contributed by atoms with Crippen molar-refractivity contribution in [2.24, 2.45) is 0 Å². The lowest BCUT2D eigenvalue weighted by atomic mass is 10.0. The van der Waals surface area contributed by atoms with E-state index in [0.717, 1.165) is 25.7 Å². The molecule has 9 rings (SSSR count). The van der Waals surface area contributed by atoms with Gasteiger partial charge in [0.25, 0.3) is 0 Å². The number of aromatic nitrogens is 4. The minimum atomic E-state index is -3.81. The normalized spacial score (nSPS) is 12.8. The summed E-state index contributed by atoms with van der Waals surface area (Å²) in [6, 6.07) is 34.2. The minimum absolute atomic E-state index is 0.106. The predicted octanol–water partition coefficient (Wildman–Crippen LogP) is 11.6. The molecule has 5 heterocycles. The molecule has 0 amide bonds. The minimum Gasteiger partial charge on any atom is -0.354 e. The third-order valence-electron chi connectivity index (χ3n) is 13.9. The van der Waals surface area contributed by atoms with Crippen molar-refractivity contribution in [2.45, 2.75) is 98.6 Å². The van der Waals surface area contributed by atoms with Crippen molar-refractivity contribution in [3.05, 3.63) is 144 Å². The molecule has 0 aliphatic carbocycles. The predicted molar refractivity (Wildman–Crippen MR) is 321 cm³/mol. The van der Waals surface area contributed by atoms with Gasteiger partial charge in [-0.2, -0.15) is 0 Å². The van der Waals surface area contributed by atoms with Crippen molar-refractivity contribution in [3.8, 4) is 44.5 Å². The average Bonchev–Trinajstić information content (AvgIpc) is 4.32. The molecule has 7 aromatic rings. The molecule has 20 heteroatoms. The monoisotopic (exact) mass is 1150 g/mol. The maximum absolute atomic E-state index is 13.4. The highest BCUT2D eigenvalue weighted by Crippen LogP contribution is 2.39. The average molecular weight is 1160 g/mol. The molecule has 0 fully saturated rings. The SMILES string of the molecule is CCCCNS(=O)(=O)c1ccc(-c2c3nc(c(-c4ccc(S(=O)(=O)NCCCC)cc4)c4ccc([nH]4)c(-c4ccc(S(=O)(=O)NCCCC)cc4)c4nc(c(-c5ccc(S(=O)(=O)NCCCC)cc5)c5ccc2[nH]5)C=C4)C=C3)cc1. The Kier molecular flexibility index (Phi) is 18.0. The van der Waals surface area contributed by atoms with Gasteiger partial charge in [0, 0.05) is 70.5 Å². The second-order valence-corrected chi connectivity index (χ2v) is 26.7. The van der Waals surface area contributed by atoms with Crippen LogP contribution in [0.5, 0.6) is 0 Å². The summed E-state index contributed by atoms with van der Waals surface area (Å²) >= 11 is 0. The van der Waals surface area contributed by atoms with E-state index >= 15 is 0 Å². The molecule has 0 saturated heterocycles. The topological polar surface area (TPSA) is 242 Å². The molecular formula is C60H66N8O8S4.